The standard InChI is InChI=1S/C16H27N7O2S.BrH/c1-10-9-26-16(20-10)22-15-19-8-12(14(25)21-15)23(2)13(24)7-11(18)5-3-4-6-17;/h9,11-12H,3-8,17-18H2,1-2H3,(H2,19,20,21,22,25);1H/t11-,12?;/m0./s1. The highest BCUT2D eigenvalue weighted by atomic mass is 79.9. The van der Waals surface area contributed by atoms with Crippen LogP contribution >= 0.6 is 28.3 Å². The lowest BCUT2D eigenvalue weighted by molar-refractivity contribution is -0.138. The van der Waals surface area contributed by atoms with E-state index in [2.05, 4.69) is 20.6 Å². The second-order valence-electron chi connectivity index (χ2n) is 6.37. The second kappa shape index (κ2) is 11.3. The molecule has 1 aliphatic heterocycles. The molecule has 9 nitrogen and oxygen atoms in total. The number of unbranched alkanes of at least 4 members (excludes halogenated alkanes) is 1. The maximum absolute atomic E-state index is 12.4. The Labute approximate surface area is 173 Å². The lowest BCUT2D eigenvalue weighted by Gasteiger charge is -2.30. The Morgan fingerprint density at radius 1 is 1.52 bits per heavy atom. The molecule has 1 aromatic rings. The number of rotatable bonds is 8. The number of halogens is 1. The average molecular weight is 462 g/mol. The van der Waals surface area contributed by atoms with Crippen molar-refractivity contribution in [3.8, 4) is 0 Å². The van der Waals surface area contributed by atoms with Gasteiger partial charge in [0.25, 0.3) is 5.91 Å². The molecule has 2 heterocycles. The first-order valence-electron chi connectivity index (χ1n) is 8.66. The van der Waals surface area contributed by atoms with Crippen LogP contribution in [-0.4, -0.2) is 59.9 Å². The number of anilines is 1. The molecule has 0 spiro atoms. The fourth-order valence-electron chi connectivity index (χ4n) is 2.58. The van der Waals surface area contributed by atoms with Crippen LogP contribution in [-0.2, 0) is 9.59 Å². The number of thiazole rings is 1. The van der Waals surface area contributed by atoms with Gasteiger partial charge in [0.1, 0.15) is 6.04 Å². The summed E-state index contributed by atoms with van der Waals surface area (Å²) in [5, 5.41) is 8.22. The SMILES string of the molecule is Br.Cc1csc(NC2=NCC(N(C)C(=O)C[C@@H](N)CCCCN)C(=O)N2)n1. The van der Waals surface area contributed by atoms with Gasteiger partial charge in [0, 0.05) is 24.9 Å². The quantitative estimate of drug-likeness (QED) is 0.418. The van der Waals surface area contributed by atoms with Gasteiger partial charge in [-0.2, -0.15) is 0 Å². The molecule has 0 radical (unpaired) electrons. The minimum atomic E-state index is -0.637. The van der Waals surface area contributed by atoms with E-state index in [4.69, 9.17) is 11.5 Å². The summed E-state index contributed by atoms with van der Waals surface area (Å²) in [5.74, 6) is -0.0872. The van der Waals surface area contributed by atoms with Gasteiger partial charge in [0.2, 0.25) is 11.9 Å². The lowest BCUT2D eigenvalue weighted by Crippen LogP contribution is -2.55. The molecule has 0 saturated heterocycles. The molecule has 1 aliphatic rings. The van der Waals surface area contributed by atoms with E-state index in [0.29, 0.717) is 17.6 Å². The zero-order valence-electron chi connectivity index (χ0n) is 15.6. The fraction of sp³-hybridized carbons (Fsp3) is 0.625. The van der Waals surface area contributed by atoms with Gasteiger partial charge in [-0.25, -0.2) is 9.98 Å². The summed E-state index contributed by atoms with van der Waals surface area (Å²) in [6.07, 6.45) is 2.74. The van der Waals surface area contributed by atoms with Crippen molar-refractivity contribution in [1.29, 1.82) is 0 Å². The third-order valence-electron chi connectivity index (χ3n) is 4.14. The van der Waals surface area contributed by atoms with Crippen molar-refractivity contribution < 1.29 is 9.59 Å². The predicted molar refractivity (Wildman–Crippen MR) is 113 cm³/mol. The lowest BCUT2D eigenvalue weighted by atomic mass is 10.1. The van der Waals surface area contributed by atoms with Gasteiger partial charge in [-0.15, -0.1) is 28.3 Å². The van der Waals surface area contributed by atoms with Crippen LogP contribution in [0.2, 0.25) is 0 Å². The first-order valence-corrected chi connectivity index (χ1v) is 9.54. The van der Waals surface area contributed by atoms with Crippen LogP contribution in [0.5, 0.6) is 0 Å². The summed E-state index contributed by atoms with van der Waals surface area (Å²) in [4.78, 5) is 34.7. The van der Waals surface area contributed by atoms with Crippen LogP contribution in [0.1, 0.15) is 31.4 Å². The Kier molecular flexibility index (Phi) is 9.84. The molecule has 0 aliphatic carbocycles. The third kappa shape index (κ3) is 7.17. The number of amides is 2. The van der Waals surface area contributed by atoms with Crippen LogP contribution in [0, 0.1) is 6.92 Å². The number of aliphatic imine (C=N–C) groups is 1. The van der Waals surface area contributed by atoms with Crippen molar-refractivity contribution in [3.05, 3.63) is 11.1 Å². The minimum Gasteiger partial charge on any atom is -0.332 e. The van der Waals surface area contributed by atoms with Crippen LogP contribution in [0.4, 0.5) is 5.13 Å². The molecule has 0 fully saturated rings. The Hall–Kier alpha value is -1.56. The number of aryl methyl sites for hydroxylation is 1. The van der Waals surface area contributed by atoms with Gasteiger partial charge >= 0.3 is 0 Å². The number of carbonyl (C=O) groups is 2. The number of hydrogen-bond acceptors (Lipinski definition) is 8. The number of nitrogens with one attached hydrogen (secondary N) is 2. The number of nitrogens with two attached hydrogens (primary N) is 2. The summed E-state index contributed by atoms with van der Waals surface area (Å²) in [5.41, 5.74) is 12.3. The van der Waals surface area contributed by atoms with Gasteiger partial charge in [-0.3, -0.25) is 14.9 Å². The first-order chi connectivity index (χ1) is 12.4. The molecule has 1 aromatic heterocycles. The largest absolute Gasteiger partial charge is 0.332 e. The zero-order chi connectivity index (χ0) is 19.1. The highest BCUT2D eigenvalue weighted by Crippen LogP contribution is 2.15. The summed E-state index contributed by atoms with van der Waals surface area (Å²) < 4.78 is 0. The van der Waals surface area contributed by atoms with E-state index in [1.165, 1.54) is 16.2 Å². The van der Waals surface area contributed by atoms with Crippen molar-refractivity contribution in [2.75, 3.05) is 25.5 Å². The van der Waals surface area contributed by atoms with Crippen molar-refractivity contribution in [1.82, 2.24) is 15.2 Å². The Bertz CT molecular complexity index is 667. The molecule has 27 heavy (non-hydrogen) atoms. The summed E-state index contributed by atoms with van der Waals surface area (Å²) in [7, 11) is 1.61. The molecule has 0 saturated carbocycles. The van der Waals surface area contributed by atoms with Gasteiger partial charge in [-0.1, -0.05) is 6.42 Å². The Morgan fingerprint density at radius 3 is 2.85 bits per heavy atom. The summed E-state index contributed by atoms with van der Waals surface area (Å²) in [6.45, 7) is 2.71. The van der Waals surface area contributed by atoms with Gasteiger partial charge in [0.15, 0.2) is 5.13 Å². The second-order valence-corrected chi connectivity index (χ2v) is 7.22. The van der Waals surface area contributed by atoms with Gasteiger partial charge in [0.05, 0.1) is 12.2 Å². The van der Waals surface area contributed by atoms with Crippen molar-refractivity contribution in [2.24, 2.45) is 16.5 Å². The smallest absolute Gasteiger partial charge is 0.251 e. The van der Waals surface area contributed by atoms with Crippen molar-refractivity contribution in [3.63, 3.8) is 0 Å². The number of carbonyl (C=O) groups excluding carboxylic acids is 2. The van der Waals surface area contributed by atoms with Crippen LogP contribution in [0.15, 0.2) is 10.4 Å². The zero-order valence-corrected chi connectivity index (χ0v) is 18.1. The number of nitrogens with zero attached hydrogens (tertiary/aromatic N) is 3. The van der Waals surface area contributed by atoms with E-state index in [-0.39, 0.29) is 47.8 Å². The third-order valence-corrected chi connectivity index (χ3v) is 5.01. The molecule has 0 bridgehead atoms. The van der Waals surface area contributed by atoms with E-state index in [0.717, 1.165) is 25.0 Å². The monoisotopic (exact) mass is 461 g/mol. The van der Waals surface area contributed by atoms with Gasteiger partial charge in [-0.05, 0) is 26.3 Å². The molecule has 2 atom stereocenters. The number of aromatic nitrogens is 1. The van der Waals surface area contributed by atoms with Crippen LogP contribution in [0.25, 0.3) is 0 Å². The van der Waals surface area contributed by atoms with Crippen molar-refractivity contribution in [2.45, 2.75) is 44.7 Å². The van der Waals surface area contributed by atoms with E-state index in [1.807, 2.05) is 12.3 Å². The highest BCUT2D eigenvalue weighted by Gasteiger charge is 2.31. The number of likely N-dealkylation sites (N-methyl/N-ethyl adjacent to an activating group) is 1. The Morgan fingerprint density at radius 2 is 2.26 bits per heavy atom. The van der Waals surface area contributed by atoms with Crippen molar-refractivity contribution >= 4 is 51.2 Å². The average Bonchev–Trinajstić information content (AvgIpc) is 2.99. The fourth-order valence-corrected chi connectivity index (χ4v) is 3.26. The molecule has 6 N–H and O–H groups in total. The molecule has 0 aromatic carbocycles. The maximum atomic E-state index is 12.4. The van der Waals surface area contributed by atoms with E-state index in [9.17, 15) is 9.59 Å². The molecule has 11 heteroatoms. The summed E-state index contributed by atoms with van der Waals surface area (Å²) in [6, 6.07) is -0.862. The minimum absolute atomic E-state index is 0. The van der Waals surface area contributed by atoms with E-state index >= 15 is 0 Å². The molecular formula is C16H28BrN7O2S. The topological polar surface area (TPSA) is 139 Å². The van der Waals surface area contributed by atoms with E-state index in [1.54, 1.807) is 7.05 Å². The Balaban J connectivity index is 0.00000364. The number of guanidine groups is 1. The normalized spacial score (nSPS) is 17.4. The summed E-state index contributed by atoms with van der Waals surface area (Å²) >= 11 is 1.43. The maximum Gasteiger partial charge on any atom is 0.251 e. The molecule has 1 unspecified atom stereocenters. The first kappa shape index (κ1) is 23.5. The molecule has 2 amide bonds. The van der Waals surface area contributed by atoms with Gasteiger partial charge < -0.3 is 21.7 Å². The van der Waals surface area contributed by atoms with Crippen LogP contribution < -0.4 is 22.1 Å². The van der Waals surface area contributed by atoms with Crippen LogP contribution in [0.3, 0.4) is 0 Å². The number of hydrogen-bond donors (Lipinski definition) is 4. The van der Waals surface area contributed by atoms with E-state index < -0.39 is 6.04 Å². The molecular weight excluding hydrogens is 434 g/mol. The molecule has 152 valence electrons. The highest BCUT2D eigenvalue weighted by molar-refractivity contribution is 8.93. The molecule has 2 rings (SSSR count). The predicted octanol–water partition coefficient (Wildman–Crippen LogP) is 0.601.